The number of carbonyl (C=O) groups excluding carboxylic acids is 1. The zero-order valence-corrected chi connectivity index (χ0v) is 14.5. The maximum atomic E-state index is 12.2. The molecule has 0 aliphatic heterocycles. The Morgan fingerprint density at radius 3 is 2.64 bits per heavy atom. The maximum absolute atomic E-state index is 12.2. The van der Waals surface area contributed by atoms with Gasteiger partial charge < -0.3 is 10.4 Å². The van der Waals surface area contributed by atoms with E-state index in [1.54, 1.807) is 0 Å². The molecule has 1 amide bonds. The number of aromatic nitrogens is 2. The van der Waals surface area contributed by atoms with Crippen LogP contribution in [0.25, 0.3) is 0 Å². The van der Waals surface area contributed by atoms with Gasteiger partial charge in [-0.25, -0.2) is 4.79 Å². The van der Waals surface area contributed by atoms with Gasteiger partial charge in [0.2, 0.25) is 5.91 Å². The van der Waals surface area contributed by atoms with Gasteiger partial charge in [0.1, 0.15) is 6.54 Å². The van der Waals surface area contributed by atoms with E-state index in [-0.39, 0.29) is 18.1 Å². The summed E-state index contributed by atoms with van der Waals surface area (Å²) < 4.78 is 1.35. The molecule has 1 aromatic carbocycles. The van der Waals surface area contributed by atoms with Crippen molar-refractivity contribution in [3.05, 3.63) is 53.3 Å². The van der Waals surface area contributed by atoms with Crippen molar-refractivity contribution in [1.29, 1.82) is 0 Å². The van der Waals surface area contributed by atoms with Gasteiger partial charge in [-0.05, 0) is 35.4 Å². The van der Waals surface area contributed by atoms with Crippen LogP contribution in [0, 0.1) is 5.92 Å². The highest BCUT2D eigenvalue weighted by Gasteiger charge is 2.32. The minimum atomic E-state index is -1.10. The van der Waals surface area contributed by atoms with Crippen LogP contribution in [0.5, 0.6) is 0 Å². The summed E-state index contributed by atoms with van der Waals surface area (Å²) in [6.07, 6.45) is 2.55. The van der Waals surface area contributed by atoms with Crippen LogP contribution in [-0.4, -0.2) is 33.3 Å². The van der Waals surface area contributed by atoms with Gasteiger partial charge in [-0.15, -0.1) is 0 Å². The molecule has 0 saturated heterocycles. The van der Waals surface area contributed by atoms with Crippen LogP contribution in [0.3, 0.4) is 0 Å². The number of rotatable bonds is 6. The van der Waals surface area contributed by atoms with Crippen LogP contribution in [0.4, 0.5) is 0 Å². The summed E-state index contributed by atoms with van der Waals surface area (Å²) in [7, 11) is 0. The van der Waals surface area contributed by atoms with Gasteiger partial charge in [-0.1, -0.05) is 38.1 Å². The Hall–Kier alpha value is -2.63. The number of nitrogens with zero attached hydrogens (tertiary/aromatic N) is 2. The van der Waals surface area contributed by atoms with Crippen LogP contribution >= 0.6 is 0 Å². The van der Waals surface area contributed by atoms with Gasteiger partial charge in [0.05, 0.1) is 0 Å². The van der Waals surface area contributed by atoms with Crippen molar-refractivity contribution in [2.45, 2.75) is 38.6 Å². The summed E-state index contributed by atoms with van der Waals surface area (Å²) in [4.78, 5) is 23.0. The molecule has 0 spiro atoms. The first-order valence-electron chi connectivity index (χ1n) is 8.58. The molecule has 2 aromatic rings. The van der Waals surface area contributed by atoms with E-state index in [1.165, 1.54) is 28.1 Å². The third-order valence-electron chi connectivity index (χ3n) is 4.89. The van der Waals surface area contributed by atoms with Gasteiger partial charge in [0.25, 0.3) is 0 Å². The Morgan fingerprint density at radius 2 is 2.00 bits per heavy atom. The van der Waals surface area contributed by atoms with Gasteiger partial charge >= 0.3 is 5.97 Å². The van der Waals surface area contributed by atoms with Crippen molar-refractivity contribution in [2.75, 3.05) is 6.54 Å². The Balaban J connectivity index is 1.60. The summed E-state index contributed by atoms with van der Waals surface area (Å²) in [5.41, 5.74) is 2.67. The van der Waals surface area contributed by atoms with Crippen LogP contribution in [0.15, 0.2) is 36.5 Å². The Bertz CT molecular complexity index is 782. The normalized spacial score (nSPS) is 19.0. The minimum Gasteiger partial charge on any atom is -0.476 e. The number of benzene rings is 1. The first kappa shape index (κ1) is 17.2. The molecule has 6 heteroatoms. The zero-order valence-electron chi connectivity index (χ0n) is 14.5. The average Bonchev–Trinajstić information content (AvgIpc) is 3.18. The molecule has 132 valence electrons. The topological polar surface area (TPSA) is 84.2 Å². The summed E-state index contributed by atoms with van der Waals surface area (Å²) >= 11 is 0. The molecule has 25 heavy (non-hydrogen) atoms. The third-order valence-corrected chi connectivity index (χ3v) is 4.89. The van der Waals surface area contributed by atoms with Gasteiger partial charge in [0.15, 0.2) is 5.69 Å². The van der Waals surface area contributed by atoms with Crippen LogP contribution in [0.2, 0.25) is 0 Å². The molecule has 1 aliphatic carbocycles. The van der Waals surface area contributed by atoms with E-state index >= 15 is 0 Å². The number of nitrogens with one attached hydrogen (secondary N) is 1. The monoisotopic (exact) mass is 341 g/mol. The molecule has 2 atom stereocenters. The lowest BCUT2D eigenvalue weighted by Gasteiger charge is -2.16. The Labute approximate surface area is 146 Å². The highest BCUT2D eigenvalue weighted by molar-refractivity contribution is 5.85. The standard InChI is InChI=1S/C19H23N3O3/c1-12(2)16-9-13(14-5-3-4-6-15(14)16)10-20-18(23)11-22-8-7-17(21-22)19(24)25/h3-8,12-13,16H,9-11H2,1-2H3,(H,20,23)(H,24,25)/t13-,16+/m1/s1. The third kappa shape index (κ3) is 3.73. The molecule has 0 bridgehead atoms. The van der Waals surface area contributed by atoms with Crippen LogP contribution < -0.4 is 5.32 Å². The van der Waals surface area contributed by atoms with E-state index in [4.69, 9.17) is 5.11 Å². The van der Waals surface area contributed by atoms with E-state index in [9.17, 15) is 9.59 Å². The fourth-order valence-electron chi connectivity index (χ4n) is 3.61. The van der Waals surface area contributed by atoms with Crippen molar-refractivity contribution in [2.24, 2.45) is 5.92 Å². The van der Waals surface area contributed by atoms with Crippen molar-refractivity contribution in [1.82, 2.24) is 15.1 Å². The minimum absolute atomic E-state index is 0.0231. The lowest BCUT2D eigenvalue weighted by molar-refractivity contribution is -0.121. The molecule has 2 N–H and O–H groups in total. The molecule has 0 unspecified atom stereocenters. The number of carboxylic acids is 1. The molecular formula is C19H23N3O3. The lowest BCUT2D eigenvalue weighted by atomic mass is 9.90. The average molecular weight is 341 g/mol. The molecule has 1 heterocycles. The number of amides is 1. The molecule has 0 fully saturated rings. The molecule has 0 radical (unpaired) electrons. The van der Waals surface area contributed by atoms with E-state index in [2.05, 4.69) is 42.5 Å². The zero-order chi connectivity index (χ0) is 18.0. The fourth-order valence-corrected chi connectivity index (χ4v) is 3.61. The van der Waals surface area contributed by atoms with Crippen LogP contribution in [0.1, 0.15) is 53.7 Å². The van der Waals surface area contributed by atoms with Crippen molar-refractivity contribution in [3.8, 4) is 0 Å². The second-order valence-corrected chi connectivity index (χ2v) is 6.92. The second-order valence-electron chi connectivity index (χ2n) is 6.92. The SMILES string of the molecule is CC(C)[C@@H]1C[C@H](CNC(=O)Cn2ccc(C(=O)O)n2)c2ccccc21. The number of fused-ring (bicyclic) bond motifs is 1. The van der Waals surface area contributed by atoms with Crippen molar-refractivity contribution in [3.63, 3.8) is 0 Å². The highest BCUT2D eigenvalue weighted by atomic mass is 16.4. The van der Waals surface area contributed by atoms with Crippen LogP contribution in [-0.2, 0) is 11.3 Å². The number of carboxylic acid groups (broad SMARTS) is 1. The number of carbonyl (C=O) groups is 2. The number of hydrogen-bond acceptors (Lipinski definition) is 3. The first-order valence-corrected chi connectivity index (χ1v) is 8.58. The first-order chi connectivity index (χ1) is 12.0. The number of aromatic carboxylic acids is 1. The van der Waals surface area contributed by atoms with Gasteiger partial charge in [-0.2, -0.15) is 5.10 Å². The van der Waals surface area contributed by atoms with E-state index in [1.807, 2.05) is 6.07 Å². The second kappa shape index (κ2) is 7.09. The smallest absolute Gasteiger partial charge is 0.356 e. The van der Waals surface area contributed by atoms with E-state index in [0.29, 0.717) is 24.3 Å². The molecule has 3 rings (SSSR count). The summed E-state index contributed by atoms with van der Waals surface area (Å²) in [5, 5.41) is 15.7. The van der Waals surface area contributed by atoms with Gasteiger partial charge in [-0.3, -0.25) is 9.48 Å². The van der Waals surface area contributed by atoms with E-state index in [0.717, 1.165) is 6.42 Å². The molecular weight excluding hydrogens is 318 g/mol. The highest BCUT2D eigenvalue weighted by Crippen LogP contribution is 2.44. The molecule has 0 saturated carbocycles. The van der Waals surface area contributed by atoms with E-state index < -0.39 is 5.97 Å². The van der Waals surface area contributed by atoms with Gasteiger partial charge in [0, 0.05) is 18.7 Å². The fraction of sp³-hybridized carbons (Fsp3) is 0.421. The molecule has 1 aliphatic rings. The lowest BCUT2D eigenvalue weighted by Crippen LogP contribution is -2.31. The largest absolute Gasteiger partial charge is 0.476 e. The molecule has 1 aromatic heterocycles. The quantitative estimate of drug-likeness (QED) is 0.846. The Morgan fingerprint density at radius 1 is 1.28 bits per heavy atom. The maximum Gasteiger partial charge on any atom is 0.356 e. The molecule has 6 nitrogen and oxygen atoms in total. The predicted octanol–water partition coefficient (Wildman–Crippen LogP) is 2.62. The van der Waals surface area contributed by atoms with Crippen molar-refractivity contribution < 1.29 is 14.7 Å². The summed E-state index contributed by atoms with van der Waals surface area (Å²) in [6.45, 7) is 5.09. The number of hydrogen-bond donors (Lipinski definition) is 2. The Kier molecular flexibility index (Phi) is 4.88. The summed E-state index contributed by atoms with van der Waals surface area (Å²) in [6, 6.07) is 9.86. The summed E-state index contributed by atoms with van der Waals surface area (Å²) in [5.74, 6) is 0.162. The predicted molar refractivity (Wildman–Crippen MR) is 93.6 cm³/mol. The van der Waals surface area contributed by atoms with Crippen molar-refractivity contribution >= 4 is 11.9 Å².